The van der Waals surface area contributed by atoms with Crippen molar-refractivity contribution in [3.8, 4) is 0 Å². The highest BCUT2D eigenvalue weighted by Crippen LogP contribution is 2.33. The number of H-pyrrole nitrogens is 1. The lowest BCUT2D eigenvalue weighted by molar-refractivity contribution is 0.604. The number of nitrogens with two attached hydrogens (primary N) is 1. The fourth-order valence-corrected chi connectivity index (χ4v) is 3.29. The second-order valence-electron chi connectivity index (χ2n) is 4.54. The maximum atomic E-state index is 11.7. The monoisotopic (exact) mass is 356 g/mol. The summed E-state index contributed by atoms with van der Waals surface area (Å²) in [5.41, 5.74) is 6.76. The molecule has 0 aliphatic rings. The normalized spacial score (nSPS) is 12.6. The van der Waals surface area contributed by atoms with Crippen LogP contribution in [0, 0.1) is 0 Å². The molecule has 2 aromatic rings. The van der Waals surface area contributed by atoms with Gasteiger partial charge in [0.05, 0.1) is 0 Å². The highest BCUT2D eigenvalue weighted by molar-refractivity contribution is 9.10. The molecule has 1 atom stereocenters. The lowest BCUT2D eigenvalue weighted by Crippen LogP contribution is -2.17. The minimum Gasteiger partial charge on any atom is -0.324 e. The van der Waals surface area contributed by atoms with Gasteiger partial charge in [-0.25, -0.2) is 9.89 Å². The van der Waals surface area contributed by atoms with Crippen LogP contribution in [0.4, 0.5) is 0 Å². The molecule has 20 heavy (non-hydrogen) atoms. The third-order valence-electron chi connectivity index (χ3n) is 2.85. The van der Waals surface area contributed by atoms with Gasteiger partial charge in [-0.1, -0.05) is 13.0 Å². The number of hydrogen-bond acceptors (Lipinski definition) is 4. The van der Waals surface area contributed by atoms with E-state index in [2.05, 4.69) is 26.1 Å². The van der Waals surface area contributed by atoms with Gasteiger partial charge in [0.1, 0.15) is 0 Å². The van der Waals surface area contributed by atoms with Crippen molar-refractivity contribution in [3.63, 3.8) is 0 Å². The van der Waals surface area contributed by atoms with Gasteiger partial charge in [0.2, 0.25) is 0 Å². The largest absolute Gasteiger partial charge is 0.343 e. The van der Waals surface area contributed by atoms with Gasteiger partial charge in [-0.3, -0.25) is 4.57 Å². The number of nitrogens with zero attached hydrogens (tertiary/aromatic N) is 2. The molecular weight excluding hydrogens is 340 g/mol. The molecule has 0 fully saturated rings. The van der Waals surface area contributed by atoms with E-state index in [1.807, 2.05) is 32.0 Å². The first-order chi connectivity index (χ1) is 9.52. The molecule has 0 saturated heterocycles. The SMILES string of the molecule is CCCn1c(Sc2ccc([C@@H](C)N)cc2Br)n[nH]c1=O. The summed E-state index contributed by atoms with van der Waals surface area (Å²) in [4.78, 5) is 12.7. The van der Waals surface area contributed by atoms with Crippen LogP contribution in [0.15, 0.2) is 37.5 Å². The fraction of sp³-hybridized carbons (Fsp3) is 0.385. The van der Waals surface area contributed by atoms with E-state index < -0.39 is 0 Å². The van der Waals surface area contributed by atoms with Crippen LogP contribution >= 0.6 is 27.7 Å². The third-order valence-corrected chi connectivity index (χ3v) is 4.84. The van der Waals surface area contributed by atoms with Crippen molar-refractivity contribution in [2.75, 3.05) is 0 Å². The molecule has 1 heterocycles. The van der Waals surface area contributed by atoms with Gasteiger partial charge in [0.15, 0.2) is 5.16 Å². The van der Waals surface area contributed by atoms with Crippen LogP contribution in [0.25, 0.3) is 0 Å². The number of rotatable bonds is 5. The molecule has 1 aromatic heterocycles. The van der Waals surface area contributed by atoms with Gasteiger partial charge in [0.25, 0.3) is 0 Å². The molecule has 2 rings (SSSR count). The van der Waals surface area contributed by atoms with Crippen LogP contribution < -0.4 is 11.4 Å². The first kappa shape index (κ1) is 15.3. The van der Waals surface area contributed by atoms with E-state index in [9.17, 15) is 4.79 Å². The van der Waals surface area contributed by atoms with Crippen molar-refractivity contribution in [2.45, 2.75) is 42.9 Å². The summed E-state index contributed by atoms with van der Waals surface area (Å²) in [5.74, 6) is 0. The number of hydrogen-bond donors (Lipinski definition) is 2. The Kier molecular flexibility index (Phi) is 5.06. The lowest BCUT2D eigenvalue weighted by atomic mass is 10.1. The molecule has 0 radical (unpaired) electrons. The fourth-order valence-electron chi connectivity index (χ4n) is 1.78. The molecular formula is C13H17BrN4OS. The number of nitrogens with one attached hydrogen (secondary N) is 1. The summed E-state index contributed by atoms with van der Waals surface area (Å²) in [7, 11) is 0. The lowest BCUT2D eigenvalue weighted by Gasteiger charge is -2.09. The van der Waals surface area contributed by atoms with Gasteiger partial charge >= 0.3 is 5.69 Å². The Bertz CT molecular complexity index is 650. The number of aromatic nitrogens is 3. The highest BCUT2D eigenvalue weighted by Gasteiger charge is 2.12. The summed E-state index contributed by atoms with van der Waals surface area (Å²) in [5, 5.41) is 7.24. The Balaban J connectivity index is 2.28. The third kappa shape index (κ3) is 3.34. The molecule has 108 valence electrons. The first-order valence-electron chi connectivity index (χ1n) is 6.41. The maximum Gasteiger partial charge on any atom is 0.343 e. The maximum absolute atomic E-state index is 11.7. The van der Waals surface area contributed by atoms with Gasteiger partial charge in [-0.15, -0.1) is 5.10 Å². The van der Waals surface area contributed by atoms with Crippen LogP contribution in [0.5, 0.6) is 0 Å². The van der Waals surface area contributed by atoms with Gasteiger partial charge < -0.3 is 5.73 Å². The number of halogens is 1. The average Bonchev–Trinajstić information content (AvgIpc) is 2.74. The minimum absolute atomic E-state index is 0.00555. The molecule has 0 aliphatic carbocycles. The summed E-state index contributed by atoms with van der Waals surface area (Å²) in [6.07, 6.45) is 0.887. The minimum atomic E-state index is -0.169. The molecule has 0 spiro atoms. The summed E-state index contributed by atoms with van der Waals surface area (Å²) in [6.45, 7) is 4.63. The molecule has 5 nitrogen and oxygen atoms in total. The topological polar surface area (TPSA) is 76.7 Å². The van der Waals surface area contributed by atoms with Crippen molar-refractivity contribution in [1.29, 1.82) is 0 Å². The zero-order valence-corrected chi connectivity index (χ0v) is 13.8. The van der Waals surface area contributed by atoms with E-state index in [1.54, 1.807) is 4.57 Å². The predicted molar refractivity (Wildman–Crippen MR) is 84.0 cm³/mol. The Labute approximate surface area is 130 Å². The predicted octanol–water partition coefficient (Wildman–Crippen LogP) is 2.91. The van der Waals surface area contributed by atoms with Crippen molar-refractivity contribution in [2.24, 2.45) is 5.73 Å². The van der Waals surface area contributed by atoms with Gasteiger partial charge in [-0.2, -0.15) is 0 Å². The quantitative estimate of drug-likeness (QED) is 0.863. The Hall–Kier alpha value is -1.05. The van der Waals surface area contributed by atoms with E-state index in [-0.39, 0.29) is 11.7 Å². The van der Waals surface area contributed by atoms with E-state index in [4.69, 9.17) is 5.73 Å². The average molecular weight is 357 g/mol. The number of aromatic amines is 1. The van der Waals surface area contributed by atoms with Crippen LogP contribution in [-0.2, 0) is 6.54 Å². The van der Waals surface area contributed by atoms with Gasteiger partial charge in [0, 0.05) is 22.0 Å². The Morgan fingerprint density at radius 2 is 2.30 bits per heavy atom. The van der Waals surface area contributed by atoms with E-state index in [0.717, 1.165) is 21.4 Å². The van der Waals surface area contributed by atoms with Gasteiger partial charge in [-0.05, 0) is 58.7 Å². The highest BCUT2D eigenvalue weighted by atomic mass is 79.9. The van der Waals surface area contributed by atoms with Crippen LogP contribution in [0.3, 0.4) is 0 Å². The van der Waals surface area contributed by atoms with Crippen LogP contribution in [0.1, 0.15) is 31.9 Å². The van der Waals surface area contributed by atoms with Crippen molar-refractivity contribution < 1.29 is 0 Å². The van der Waals surface area contributed by atoms with Crippen LogP contribution in [0.2, 0.25) is 0 Å². The summed E-state index contributed by atoms with van der Waals surface area (Å²) in [6, 6.07) is 5.98. The molecule has 0 bridgehead atoms. The summed E-state index contributed by atoms with van der Waals surface area (Å²) < 4.78 is 2.60. The van der Waals surface area contributed by atoms with Crippen LogP contribution in [-0.4, -0.2) is 14.8 Å². The zero-order chi connectivity index (χ0) is 14.7. The second-order valence-corrected chi connectivity index (χ2v) is 6.41. The second kappa shape index (κ2) is 6.60. The standard InChI is InChI=1S/C13H17BrN4OS/c1-3-6-18-12(19)16-17-13(18)20-11-5-4-9(8(2)15)7-10(11)14/h4-5,7-8H,3,6,15H2,1-2H3,(H,16,19)/t8-/m1/s1. The Morgan fingerprint density at radius 1 is 1.55 bits per heavy atom. The van der Waals surface area contributed by atoms with E-state index in [0.29, 0.717) is 11.7 Å². The smallest absolute Gasteiger partial charge is 0.324 e. The zero-order valence-electron chi connectivity index (χ0n) is 11.4. The molecule has 1 aromatic carbocycles. The Morgan fingerprint density at radius 3 is 2.90 bits per heavy atom. The molecule has 0 saturated carbocycles. The van der Waals surface area contributed by atoms with Crippen molar-refractivity contribution in [1.82, 2.24) is 14.8 Å². The van der Waals surface area contributed by atoms with E-state index in [1.165, 1.54) is 11.8 Å². The number of benzene rings is 1. The van der Waals surface area contributed by atoms with Crippen molar-refractivity contribution >= 4 is 27.7 Å². The summed E-state index contributed by atoms with van der Waals surface area (Å²) >= 11 is 5.00. The first-order valence-corrected chi connectivity index (χ1v) is 8.02. The van der Waals surface area contributed by atoms with Crippen molar-refractivity contribution in [3.05, 3.63) is 38.7 Å². The molecule has 7 heteroatoms. The molecule has 0 aliphatic heterocycles. The molecule has 0 amide bonds. The molecule has 0 unspecified atom stereocenters. The molecule has 3 N–H and O–H groups in total. The van der Waals surface area contributed by atoms with E-state index >= 15 is 0 Å².